The highest BCUT2D eigenvalue weighted by molar-refractivity contribution is 5.90. The number of nitrogens with one attached hydrogen (secondary N) is 2. The minimum absolute atomic E-state index is 0.0164. The number of amides is 2. The molecule has 2 amide bonds. The van der Waals surface area contributed by atoms with Crippen LogP contribution >= 0.6 is 0 Å². The average molecular weight is 449 g/mol. The van der Waals surface area contributed by atoms with Gasteiger partial charge in [0.15, 0.2) is 0 Å². The Balaban J connectivity index is 1.50. The molecule has 3 aromatic rings. The van der Waals surface area contributed by atoms with E-state index in [9.17, 15) is 9.59 Å². The number of H-pyrrole nitrogens is 1. The van der Waals surface area contributed by atoms with E-state index in [0.29, 0.717) is 6.54 Å². The Bertz CT molecular complexity index is 1140. The summed E-state index contributed by atoms with van der Waals surface area (Å²) in [5, 5.41) is 4.11. The summed E-state index contributed by atoms with van der Waals surface area (Å²) >= 11 is 0. The SMILES string of the molecule is CC(C)(C)OC(=O)NC1CCc2[nH]c3ccc(N(C=O)CCc4ccc(N)cc4)cc3c2C1. The van der Waals surface area contributed by atoms with Crippen molar-refractivity contribution in [2.45, 2.75) is 58.1 Å². The topological polar surface area (TPSA) is 100 Å². The van der Waals surface area contributed by atoms with Crippen LogP contribution in [0.4, 0.5) is 16.2 Å². The van der Waals surface area contributed by atoms with Gasteiger partial charge in [-0.05, 0) is 87.9 Å². The van der Waals surface area contributed by atoms with Crippen molar-refractivity contribution in [3.05, 3.63) is 59.3 Å². The molecule has 1 aliphatic rings. The van der Waals surface area contributed by atoms with Gasteiger partial charge in [-0.15, -0.1) is 0 Å². The zero-order valence-corrected chi connectivity index (χ0v) is 19.5. The number of alkyl carbamates (subject to hydrolysis) is 1. The van der Waals surface area contributed by atoms with Gasteiger partial charge in [0.25, 0.3) is 0 Å². The largest absolute Gasteiger partial charge is 0.444 e. The van der Waals surface area contributed by atoms with Crippen LogP contribution in [-0.2, 0) is 28.8 Å². The molecule has 0 aliphatic heterocycles. The van der Waals surface area contributed by atoms with Crippen LogP contribution in [0.25, 0.3) is 10.9 Å². The molecule has 1 aromatic heterocycles. The first-order valence-corrected chi connectivity index (χ1v) is 11.4. The number of nitrogens with zero attached hydrogens (tertiary/aromatic N) is 1. The molecule has 2 aromatic carbocycles. The molecule has 0 fully saturated rings. The molecule has 0 spiro atoms. The first-order chi connectivity index (χ1) is 15.7. The molecule has 7 heteroatoms. The maximum absolute atomic E-state index is 12.2. The number of anilines is 2. The molecule has 0 bridgehead atoms. The number of nitrogens with two attached hydrogens (primary N) is 1. The number of hydrogen-bond donors (Lipinski definition) is 3. The molecule has 0 saturated heterocycles. The maximum Gasteiger partial charge on any atom is 0.407 e. The second-order valence-corrected chi connectivity index (χ2v) is 9.69. The molecule has 1 aliphatic carbocycles. The van der Waals surface area contributed by atoms with Crippen LogP contribution in [0.15, 0.2) is 42.5 Å². The van der Waals surface area contributed by atoms with Crippen molar-refractivity contribution in [1.29, 1.82) is 0 Å². The predicted octanol–water partition coefficient (Wildman–Crippen LogP) is 4.34. The van der Waals surface area contributed by atoms with Gasteiger partial charge in [0, 0.05) is 40.6 Å². The lowest BCUT2D eigenvalue weighted by molar-refractivity contribution is -0.107. The van der Waals surface area contributed by atoms with Crippen molar-refractivity contribution in [3.63, 3.8) is 0 Å². The molecule has 1 unspecified atom stereocenters. The lowest BCUT2D eigenvalue weighted by atomic mass is 9.91. The number of ether oxygens (including phenoxy) is 1. The lowest BCUT2D eigenvalue weighted by Crippen LogP contribution is -2.41. The zero-order valence-electron chi connectivity index (χ0n) is 19.5. The smallest absolute Gasteiger partial charge is 0.407 e. The quantitative estimate of drug-likeness (QED) is 0.386. The van der Waals surface area contributed by atoms with E-state index in [4.69, 9.17) is 10.5 Å². The Labute approximate surface area is 194 Å². The van der Waals surface area contributed by atoms with E-state index in [0.717, 1.165) is 59.9 Å². The van der Waals surface area contributed by atoms with E-state index < -0.39 is 5.60 Å². The third kappa shape index (κ3) is 5.48. The second kappa shape index (κ2) is 9.17. The van der Waals surface area contributed by atoms with Crippen LogP contribution in [0.2, 0.25) is 0 Å². The monoisotopic (exact) mass is 448 g/mol. The number of hydrogen-bond acceptors (Lipinski definition) is 4. The molecule has 1 heterocycles. The van der Waals surface area contributed by atoms with E-state index in [-0.39, 0.29) is 12.1 Å². The van der Waals surface area contributed by atoms with Gasteiger partial charge in [0.05, 0.1) is 0 Å². The average Bonchev–Trinajstić information content (AvgIpc) is 3.11. The van der Waals surface area contributed by atoms with Gasteiger partial charge in [-0.1, -0.05) is 12.1 Å². The highest BCUT2D eigenvalue weighted by Gasteiger charge is 2.26. The van der Waals surface area contributed by atoms with E-state index >= 15 is 0 Å². The van der Waals surface area contributed by atoms with Crippen LogP contribution < -0.4 is 16.0 Å². The number of aromatic amines is 1. The van der Waals surface area contributed by atoms with Crippen molar-refractivity contribution < 1.29 is 14.3 Å². The number of carbonyl (C=O) groups excluding carboxylic acids is 2. The molecule has 0 radical (unpaired) electrons. The van der Waals surface area contributed by atoms with Crippen LogP contribution in [0.1, 0.15) is 44.0 Å². The Hall–Kier alpha value is -3.48. The fourth-order valence-electron chi connectivity index (χ4n) is 4.36. The zero-order chi connectivity index (χ0) is 23.6. The fourth-order valence-corrected chi connectivity index (χ4v) is 4.36. The van der Waals surface area contributed by atoms with Crippen molar-refractivity contribution in [2.24, 2.45) is 0 Å². The number of fused-ring (bicyclic) bond motifs is 3. The minimum Gasteiger partial charge on any atom is -0.444 e. The summed E-state index contributed by atoms with van der Waals surface area (Å²) in [6, 6.07) is 13.8. The van der Waals surface area contributed by atoms with Crippen molar-refractivity contribution in [3.8, 4) is 0 Å². The normalized spacial score (nSPS) is 15.7. The fraction of sp³-hybridized carbons (Fsp3) is 0.385. The molecule has 4 rings (SSSR count). The first kappa shape index (κ1) is 22.7. The van der Waals surface area contributed by atoms with Gasteiger partial charge in [-0.2, -0.15) is 0 Å². The van der Waals surface area contributed by atoms with Gasteiger partial charge in [-0.25, -0.2) is 4.79 Å². The van der Waals surface area contributed by atoms with Crippen LogP contribution in [0.5, 0.6) is 0 Å². The number of carbonyl (C=O) groups is 2. The van der Waals surface area contributed by atoms with Crippen LogP contribution in [0.3, 0.4) is 0 Å². The Morgan fingerprint density at radius 3 is 2.70 bits per heavy atom. The second-order valence-electron chi connectivity index (χ2n) is 9.69. The maximum atomic E-state index is 12.2. The number of benzene rings is 2. The van der Waals surface area contributed by atoms with Crippen molar-refractivity contribution in [2.75, 3.05) is 17.2 Å². The predicted molar refractivity (Wildman–Crippen MR) is 131 cm³/mol. The van der Waals surface area contributed by atoms with Gasteiger partial charge in [0.2, 0.25) is 6.41 Å². The molecule has 33 heavy (non-hydrogen) atoms. The van der Waals surface area contributed by atoms with E-state index in [1.165, 1.54) is 11.3 Å². The van der Waals surface area contributed by atoms with Crippen molar-refractivity contribution in [1.82, 2.24) is 10.3 Å². The third-order valence-electron chi connectivity index (χ3n) is 5.97. The summed E-state index contributed by atoms with van der Waals surface area (Å²) in [7, 11) is 0. The molecular formula is C26H32N4O3. The molecule has 4 N–H and O–H groups in total. The van der Waals surface area contributed by atoms with E-state index in [2.05, 4.69) is 16.4 Å². The molecule has 0 saturated carbocycles. The summed E-state index contributed by atoms with van der Waals surface area (Å²) in [6.07, 6.45) is 3.67. The first-order valence-electron chi connectivity index (χ1n) is 11.4. The number of aryl methyl sites for hydroxylation is 1. The van der Waals surface area contributed by atoms with Crippen LogP contribution in [0, 0.1) is 0 Å². The summed E-state index contributed by atoms with van der Waals surface area (Å²) in [5.41, 5.74) is 11.4. The van der Waals surface area contributed by atoms with Gasteiger partial charge < -0.3 is 25.7 Å². The minimum atomic E-state index is -0.524. The molecule has 174 valence electrons. The van der Waals surface area contributed by atoms with Gasteiger partial charge >= 0.3 is 6.09 Å². The van der Waals surface area contributed by atoms with Crippen LogP contribution in [-0.4, -0.2) is 35.7 Å². The highest BCUT2D eigenvalue weighted by Crippen LogP contribution is 2.32. The number of rotatable bonds is 6. The highest BCUT2D eigenvalue weighted by atomic mass is 16.6. The van der Waals surface area contributed by atoms with Gasteiger partial charge in [-0.3, -0.25) is 4.79 Å². The Morgan fingerprint density at radius 1 is 1.24 bits per heavy atom. The molecule has 1 atom stereocenters. The van der Waals surface area contributed by atoms with E-state index in [1.54, 1.807) is 4.90 Å². The van der Waals surface area contributed by atoms with E-state index in [1.807, 2.05) is 57.2 Å². The summed E-state index contributed by atoms with van der Waals surface area (Å²) in [6.45, 7) is 6.16. The Morgan fingerprint density at radius 2 is 2.00 bits per heavy atom. The number of nitrogen functional groups attached to an aromatic ring is 1. The third-order valence-corrected chi connectivity index (χ3v) is 5.97. The summed E-state index contributed by atoms with van der Waals surface area (Å²) in [4.78, 5) is 29.3. The standard InChI is InChI=1S/C26H32N4O3/c1-26(2,3)33-25(32)28-19-8-10-23-21(14-19)22-15-20(9-11-24(22)29-23)30(16-31)13-12-17-4-6-18(27)7-5-17/h4-7,9,11,15-16,19,29H,8,10,12-14,27H2,1-3H3,(H,28,32). The molecule has 7 nitrogen and oxygen atoms in total. The van der Waals surface area contributed by atoms with Gasteiger partial charge in [0.1, 0.15) is 5.60 Å². The lowest BCUT2D eigenvalue weighted by Gasteiger charge is -2.26. The Kier molecular flexibility index (Phi) is 6.31. The summed E-state index contributed by atoms with van der Waals surface area (Å²) in [5.74, 6) is 0. The summed E-state index contributed by atoms with van der Waals surface area (Å²) < 4.78 is 5.42. The molecular weight excluding hydrogens is 416 g/mol. The van der Waals surface area contributed by atoms with Crippen molar-refractivity contribution >= 4 is 34.8 Å². The number of aromatic nitrogens is 1.